The zero-order chi connectivity index (χ0) is 18.6. The summed E-state index contributed by atoms with van der Waals surface area (Å²) in [5, 5.41) is 6.57. The molecule has 144 valence electrons. The van der Waals surface area contributed by atoms with E-state index in [1.807, 2.05) is 12.1 Å². The normalized spacial score (nSPS) is 19.4. The Bertz CT molecular complexity index is 774. The molecule has 0 unspecified atom stereocenters. The molecule has 27 heavy (non-hydrogen) atoms. The summed E-state index contributed by atoms with van der Waals surface area (Å²) < 4.78 is 1.24. The molecule has 4 rings (SSSR count). The molecule has 1 aromatic carbocycles. The number of thiazole rings is 1. The lowest BCUT2D eigenvalue weighted by Gasteiger charge is -2.30. The van der Waals surface area contributed by atoms with Crippen LogP contribution in [0, 0.1) is 0 Å². The van der Waals surface area contributed by atoms with E-state index < -0.39 is 0 Å². The van der Waals surface area contributed by atoms with E-state index >= 15 is 0 Å². The maximum atomic E-state index is 12.1. The van der Waals surface area contributed by atoms with E-state index in [1.165, 1.54) is 9.71 Å². The second-order valence-corrected chi connectivity index (χ2v) is 8.64. The summed E-state index contributed by atoms with van der Waals surface area (Å²) in [6.07, 6.45) is 6.34. The number of piperidine rings is 1. The van der Waals surface area contributed by atoms with E-state index in [4.69, 9.17) is 4.98 Å². The zero-order valence-electron chi connectivity index (χ0n) is 15.4. The van der Waals surface area contributed by atoms with Gasteiger partial charge in [-0.2, -0.15) is 0 Å². The Balaban J connectivity index is 1.23. The molecule has 1 saturated heterocycles. The third-order valence-electron chi connectivity index (χ3n) is 5.56. The summed E-state index contributed by atoms with van der Waals surface area (Å²) in [6.45, 7) is 2.00. The first kappa shape index (κ1) is 18.4. The lowest BCUT2D eigenvalue weighted by Crippen LogP contribution is -2.48. The van der Waals surface area contributed by atoms with Gasteiger partial charge in [0.05, 0.1) is 21.8 Å². The number of fused-ring (bicyclic) bond motifs is 1. The number of amides is 3. The number of para-hydroxylation sites is 1. The third kappa shape index (κ3) is 4.65. The van der Waals surface area contributed by atoms with Crippen LogP contribution in [0.5, 0.6) is 0 Å². The largest absolute Gasteiger partial charge is 0.335 e. The van der Waals surface area contributed by atoms with E-state index in [0.717, 1.165) is 57.1 Å². The molecule has 0 radical (unpaired) electrons. The highest BCUT2D eigenvalue weighted by Gasteiger charge is 2.25. The molecule has 2 aliphatic rings. The van der Waals surface area contributed by atoms with Crippen LogP contribution in [0.15, 0.2) is 24.3 Å². The van der Waals surface area contributed by atoms with Crippen LogP contribution in [0.1, 0.15) is 49.5 Å². The number of hydrogen-bond donors (Lipinski definition) is 2. The van der Waals surface area contributed by atoms with Crippen LogP contribution in [0.3, 0.4) is 0 Å². The van der Waals surface area contributed by atoms with Gasteiger partial charge in [0.25, 0.3) is 0 Å². The monoisotopic (exact) mass is 386 g/mol. The third-order valence-corrected chi connectivity index (χ3v) is 6.76. The van der Waals surface area contributed by atoms with Gasteiger partial charge in [-0.15, -0.1) is 11.3 Å². The summed E-state index contributed by atoms with van der Waals surface area (Å²) in [7, 11) is 0. The molecule has 2 fully saturated rings. The number of benzene rings is 1. The molecular formula is C20H26N4O2S. The topological polar surface area (TPSA) is 74.3 Å². The molecule has 1 aliphatic carbocycles. The Morgan fingerprint density at radius 3 is 2.59 bits per heavy atom. The lowest BCUT2D eigenvalue weighted by atomic mass is 9.97. The summed E-state index contributed by atoms with van der Waals surface area (Å²) in [6, 6.07) is 8.13. The van der Waals surface area contributed by atoms with Gasteiger partial charge in [0.1, 0.15) is 0 Å². The number of aromatic nitrogens is 1. The zero-order valence-corrected chi connectivity index (χ0v) is 16.3. The fourth-order valence-electron chi connectivity index (χ4n) is 4.06. The summed E-state index contributed by atoms with van der Waals surface area (Å²) in [5.74, 6) is 0.247. The van der Waals surface area contributed by atoms with Crippen LogP contribution in [0.4, 0.5) is 4.79 Å². The highest BCUT2D eigenvalue weighted by molar-refractivity contribution is 7.18. The molecule has 2 N–H and O–H groups in total. The van der Waals surface area contributed by atoms with E-state index in [1.54, 1.807) is 11.3 Å². The number of nitrogens with one attached hydrogen (secondary N) is 2. The Hall–Kier alpha value is -1.99. The highest BCUT2D eigenvalue weighted by atomic mass is 32.1. The van der Waals surface area contributed by atoms with Gasteiger partial charge in [-0.1, -0.05) is 25.0 Å². The first-order valence-corrected chi connectivity index (χ1v) is 10.7. The van der Waals surface area contributed by atoms with Crippen molar-refractivity contribution in [3.05, 3.63) is 29.3 Å². The molecule has 0 spiro atoms. The van der Waals surface area contributed by atoms with Gasteiger partial charge >= 0.3 is 6.03 Å². The smallest absolute Gasteiger partial charge is 0.321 e. The number of nitrogens with zero attached hydrogens (tertiary/aromatic N) is 2. The Labute approximate surface area is 163 Å². The fourth-order valence-corrected chi connectivity index (χ4v) is 5.20. The SMILES string of the molecule is O=C(CN1CCC(c2nc3ccccc3s2)CC1)NC(=O)NC1CCCC1. The molecule has 1 saturated carbocycles. The molecule has 3 amide bonds. The molecule has 6 nitrogen and oxygen atoms in total. The molecule has 0 bridgehead atoms. The van der Waals surface area contributed by atoms with Gasteiger partial charge in [0.15, 0.2) is 0 Å². The van der Waals surface area contributed by atoms with Crippen LogP contribution in [0.2, 0.25) is 0 Å². The average molecular weight is 387 g/mol. The van der Waals surface area contributed by atoms with Crippen molar-refractivity contribution in [1.29, 1.82) is 0 Å². The van der Waals surface area contributed by atoms with Crippen molar-refractivity contribution in [2.75, 3.05) is 19.6 Å². The minimum absolute atomic E-state index is 0.219. The van der Waals surface area contributed by atoms with Crippen molar-refractivity contribution in [2.45, 2.75) is 50.5 Å². The lowest BCUT2D eigenvalue weighted by molar-refractivity contribution is -0.121. The van der Waals surface area contributed by atoms with Crippen molar-refractivity contribution < 1.29 is 9.59 Å². The number of carbonyl (C=O) groups excluding carboxylic acids is 2. The van der Waals surface area contributed by atoms with Crippen molar-refractivity contribution in [2.24, 2.45) is 0 Å². The van der Waals surface area contributed by atoms with E-state index in [9.17, 15) is 9.59 Å². The number of imide groups is 1. The van der Waals surface area contributed by atoms with E-state index in [-0.39, 0.29) is 24.5 Å². The van der Waals surface area contributed by atoms with Crippen molar-refractivity contribution >= 4 is 33.5 Å². The quantitative estimate of drug-likeness (QED) is 0.846. The van der Waals surface area contributed by atoms with Crippen molar-refractivity contribution in [3.8, 4) is 0 Å². The molecule has 2 aromatic rings. The molecule has 0 atom stereocenters. The van der Waals surface area contributed by atoms with Gasteiger partial charge in [0.2, 0.25) is 5.91 Å². The first-order valence-electron chi connectivity index (χ1n) is 9.85. The molecule has 7 heteroatoms. The number of carbonyl (C=O) groups is 2. The van der Waals surface area contributed by atoms with Gasteiger partial charge in [0, 0.05) is 12.0 Å². The van der Waals surface area contributed by atoms with Crippen LogP contribution >= 0.6 is 11.3 Å². The maximum Gasteiger partial charge on any atom is 0.321 e. The Morgan fingerprint density at radius 2 is 1.85 bits per heavy atom. The summed E-state index contributed by atoms with van der Waals surface area (Å²) in [5.41, 5.74) is 1.08. The number of rotatable bonds is 4. The molecule has 1 aromatic heterocycles. The second-order valence-electron chi connectivity index (χ2n) is 7.57. The predicted molar refractivity (Wildman–Crippen MR) is 107 cm³/mol. The number of hydrogen-bond acceptors (Lipinski definition) is 5. The summed E-state index contributed by atoms with van der Waals surface area (Å²) >= 11 is 1.78. The average Bonchev–Trinajstić information content (AvgIpc) is 3.31. The van der Waals surface area contributed by atoms with Gasteiger partial charge < -0.3 is 5.32 Å². The van der Waals surface area contributed by atoms with Crippen LogP contribution in [-0.2, 0) is 4.79 Å². The minimum atomic E-state index is -0.351. The second kappa shape index (κ2) is 8.35. The van der Waals surface area contributed by atoms with Crippen LogP contribution in [-0.4, -0.2) is 47.5 Å². The van der Waals surface area contributed by atoms with Gasteiger partial charge in [-0.25, -0.2) is 9.78 Å². The number of likely N-dealkylation sites (tertiary alicyclic amines) is 1. The Morgan fingerprint density at radius 1 is 1.11 bits per heavy atom. The first-order chi connectivity index (χ1) is 13.2. The maximum absolute atomic E-state index is 12.1. The van der Waals surface area contributed by atoms with Crippen molar-refractivity contribution in [1.82, 2.24) is 20.5 Å². The molecular weight excluding hydrogens is 360 g/mol. The van der Waals surface area contributed by atoms with Gasteiger partial charge in [-0.3, -0.25) is 15.0 Å². The fraction of sp³-hybridized carbons (Fsp3) is 0.550. The van der Waals surface area contributed by atoms with Crippen molar-refractivity contribution in [3.63, 3.8) is 0 Å². The summed E-state index contributed by atoms with van der Waals surface area (Å²) in [4.78, 5) is 31.0. The highest BCUT2D eigenvalue weighted by Crippen LogP contribution is 2.33. The number of urea groups is 1. The molecule has 1 aliphatic heterocycles. The predicted octanol–water partition coefficient (Wildman–Crippen LogP) is 3.24. The Kier molecular flexibility index (Phi) is 5.69. The van der Waals surface area contributed by atoms with Crippen LogP contribution < -0.4 is 10.6 Å². The van der Waals surface area contributed by atoms with E-state index in [0.29, 0.717) is 5.92 Å². The minimum Gasteiger partial charge on any atom is -0.335 e. The van der Waals surface area contributed by atoms with Gasteiger partial charge in [-0.05, 0) is 50.9 Å². The standard InChI is InChI=1S/C20H26N4O2S/c25-18(23-20(26)21-15-5-1-2-6-15)13-24-11-9-14(10-12-24)19-22-16-7-3-4-8-17(16)27-19/h3-4,7-8,14-15H,1-2,5-6,9-13H2,(H2,21,23,25,26). The van der Waals surface area contributed by atoms with E-state index in [2.05, 4.69) is 27.7 Å². The molecule has 2 heterocycles. The van der Waals surface area contributed by atoms with Crippen LogP contribution in [0.25, 0.3) is 10.2 Å².